The number of para-hydroxylation sites is 1. The van der Waals surface area contributed by atoms with Crippen LogP contribution in [-0.4, -0.2) is 16.9 Å². The van der Waals surface area contributed by atoms with E-state index in [1.807, 2.05) is 35.1 Å². The average molecular weight is 245 g/mol. The van der Waals surface area contributed by atoms with Crippen LogP contribution in [0.25, 0.3) is 0 Å². The third kappa shape index (κ3) is 3.03. The van der Waals surface area contributed by atoms with E-state index >= 15 is 0 Å². The lowest BCUT2D eigenvalue weighted by atomic mass is 10.2. The molecule has 0 aliphatic rings. The number of aryl methyl sites for hydroxylation is 1. The van der Waals surface area contributed by atoms with E-state index in [0.717, 1.165) is 30.1 Å². The second-order valence-corrected chi connectivity index (χ2v) is 4.13. The first kappa shape index (κ1) is 12.5. The fourth-order valence-corrected chi connectivity index (χ4v) is 1.84. The molecule has 0 radical (unpaired) electrons. The molecule has 0 saturated carbocycles. The Kier molecular flexibility index (Phi) is 4.23. The molecule has 4 nitrogen and oxygen atoms in total. The van der Waals surface area contributed by atoms with Crippen molar-refractivity contribution in [3.63, 3.8) is 0 Å². The van der Waals surface area contributed by atoms with Gasteiger partial charge in [-0.05, 0) is 12.5 Å². The van der Waals surface area contributed by atoms with Gasteiger partial charge in [0.05, 0.1) is 7.11 Å². The summed E-state index contributed by atoms with van der Waals surface area (Å²) in [7, 11) is 1.69. The first-order valence-corrected chi connectivity index (χ1v) is 6.22. The molecule has 18 heavy (non-hydrogen) atoms. The van der Waals surface area contributed by atoms with Crippen LogP contribution in [0.2, 0.25) is 0 Å². The van der Waals surface area contributed by atoms with Gasteiger partial charge in [-0.25, -0.2) is 0 Å². The van der Waals surface area contributed by atoms with Gasteiger partial charge in [-0.3, -0.25) is 4.68 Å². The standard InChI is InChI=1S/C14H19N3O/c1-3-9-17-10-8-14(16-17)15-11-12-6-4-5-7-13(12)18-2/h4-8,10H,3,9,11H2,1-2H3,(H,15,16). The summed E-state index contributed by atoms with van der Waals surface area (Å²) in [6.45, 7) is 3.81. The van der Waals surface area contributed by atoms with Crippen LogP contribution in [0.1, 0.15) is 18.9 Å². The van der Waals surface area contributed by atoms with Crippen LogP contribution in [-0.2, 0) is 13.1 Å². The van der Waals surface area contributed by atoms with E-state index in [0.29, 0.717) is 6.54 Å². The molecule has 2 aromatic rings. The molecule has 4 heteroatoms. The number of benzene rings is 1. The summed E-state index contributed by atoms with van der Waals surface area (Å²) in [5.41, 5.74) is 1.13. The number of methoxy groups -OCH3 is 1. The lowest BCUT2D eigenvalue weighted by Gasteiger charge is -2.08. The molecule has 1 heterocycles. The molecule has 0 spiro atoms. The number of anilines is 1. The Balaban J connectivity index is 1.97. The predicted octanol–water partition coefficient (Wildman–Crippen LogP) is 2.91. The van der Waals surface area contributed by atoms with Crippen molar-refractivity contribution in [2.45, 2.75) is 26.4 Å². The zero-order chi connectivity index (χ0) is 12.8. The lowest BCUT2D eigenvalue weighted by Crippen LogP contribution is -2.03. The van der Waals surface area contributed by atoms with Gasteiger partial charge in [-0.2, -0.15) is 5.10 Å². The number of aromatic nitrogens is 2. The van der Waals surface area contributed by atoms with Gasteiger partial charge in [-0.15, -0.1) is 0 Å². The van der Waals surface area contributed by atoms with Gasteiger partial charge in [0.15, 0.2) is 0 Å². The van der Waals surface area contributed by atoms with Crippen molar-refractivity contribution < 1.29 is 4.74 Å². The fourth-order valence-electron chi connectivity index (χ4n) is 1.84. The highest BCUT2D eigenvalue weighted by Gasteiger charge is 2.02. The highest BCUT2D eigenvalue weighted by atomic mass is 16.5. The van der Waals surface area contributed by atoms with Crippen molar-refractivity contribution in [3.8, 4) is 5.75 Å². The molecule has 2 rings (SSSR count). The quantitative estimate of drug-likeness (QED) is 0.850. The van der Waals surface area contributed by atoms with Crippen LogP contribution in [0.15, 0.2) is 36.5 Å². The van der Waals surface area contributed by atoms with Gasteiger partial charge >= 0.3 is 0 Å². The molecule has 0 unspecified atom stereocenters. The smallest absolute Gasteiger partial charge is 0.148 e. The molecule has 0 saturated heterocycles. The number of nitrogens with one attached hydrogen (secondary N) is 1. The van der Waals surface area contributed by atoms with E-state index in [1.165, 1.54) is 0 Å². The molecular formula is C14H19N3O. The molecule has 1 N–H and O–H groups in total. The Bertz CT molecular complexity index is 493. The molecule has 0 atom stereocenters. The SMILES string of the molecule is CCCn1ccc(NCc2ccccc2OC)n1. The van der Waals surface area contributed by atoms with Crippen LogP contribution in [0.3, 0.4) is 0 Å². The number of hydrogen-bond acceptors (Lipinski definition) is 3. The highest BCUT2D eigenvalue weighted by molar-refractivity contribution is 5.39. The Morgan fingerprint density at radius 3 is 2.89 bits per heavy atom. The average Bonchev–Trinajstić information content (AvgIpc) is 2.85. The van der Waals surface area contributed by atoms with E-state index in [9.17, 15) is 0 Å². The minimum atomic E-state index is 0.715. The summed E-state index contributed by atoms with van der Waals surface area (Å²) in [4.78, 5) is 0. The number of nitrogens with zero attached hydrogens (tertiary/aromatic N) is 2. The van der Waals surface area contributed by atoms with E-state index in [-0.39, 0.29) is 0 Å². The predicted molar refractivity (Wildman–Crippen MR) is 72.8 cm³/mol. The van der Waals surface area contributed by atoms with Crippen molar-refractivity contribution in [2.75, 3.05) is 12.4 Å². The first-order valence-electron chi connectivity index (χ1n) is 6.22. The summed E-state index contributed by atoms with van der Waals surface area (Å²) >= 11 is 0. The van der Waals surface area contributed by atoms with Gasteiger partial charge in [0, 0.05) is 30.9 Å². The minimum absolute atomic E-state index is 0.715. The Hall–Kier alpha value is -1.97. The molecule has 96 valence electrons. The van der Waals surface area contributed by atoms with E-state index < -0.39 is 0 Å². The number of ether oxygens (including phenoxy) is 1. The summed E-state index contributed by atoms with van der Waals surface area (Å²) in [6.07, 6.45) is 3.09. The summed E-state index contributed by atoms with van der Waals surface area (Å²) in [6, 6.07) is 9.99. The van der Waals surface area contributed by atoms with E-state index in [2.05, 4.69) is 23.4 Å². The van der Waals surface area contributed by atoms with Crippen molar-refractivity contribution >= 4 is 5.82 Å². The first-order chi connectivity index (χ1) is 8.83. The fraction of sp³-hybridized carbons (Fsp3) is 0.357. The van der Waals surface area contributed by atoms with Gasteiger partial charge in [-0.1, -0.05) is 25.1 Å². The van der Waals surface area contributed by atoms with Crippen molar-refractivity contribution in [1.82, 2.24) is 9.78 Å². The minimum Gasteiger partial charge on any atom is -0.496 e. The van der Waals surface area contributed by atoms with Crippen molar-refractivity contribution in [3.05, 3.63) is 42.1 Å². The van der Waals surface area contributed by atoms with Crippen LogP contribution < -0.4 is 10.1 Å². The maximum absolute atomic E-state index is 5.31. The molecule has 1 aromatic carbocycles. The van der Waals surface area contributed by atoms with E-state index in [4.69, 9.17) is 4.74 Å². The summed E-state index contributed by atoms with van der Waals surface area (Å²) in [5, 5.41) is 7.74. The van der Waals surface area contributed by atoms with Crippen LogP contribution in [0, 0.1) is 0 Å². The molecule has 0 fully saturated rings. The normalized spacial score (nSPS) is 10.3. The second kappa shape index (κ2) is 6.10. The molecule has 0 aliphatic heterocycles. The zero-order valence-corrected chi connectivity index (χ0v) is 10.9. The second-order valence-electron chi connectivity index (χ2n) is 4.13. The van der Waals surface area contributed by atoms with Crippen LogP contribution in [0.4, 0.5) is 5.82 Å². The zero-order valence-electron chi connectivity index (χ0n) is 10.9. The maximum atomic E-state index is 5.31. The number of hydrogen-bond donors (Lipinski definition) is 1. The third-order valence-electron chi connectivity index (χ3n) is 2.75. The summed E-state index contributed by atoms with van der Waals surface area (Å²) < 4.78 is 7.26. The molecule has 0 aliphatic carbocycles. The maximum Gasteiger partial charge on any atom is 0.148 e. The van der Waals surface area contributed by atoms with Crippen molar-refractivity contribution in [1.29, 1.82) is 0 Å². The van der Waals surface area contributed by atoms with Crippen LogP contribution >= 0.6 is 0 Å². The largest absolute Gasteiger partial charge is 0.496 e. The Labute approximate surface area is 108 Å². The molecule has 1 aromatic heterocycles. The monoisotopic (exact) mass is 245 g/mol. The van der Waals surface area contributed by atoms with E-state index in [1.54, 1.807) is 7.11 Å². The molecule has 0 amide bonds. The van der Waals surface area contributed by atoms with Gasteiger partial charge in [0.25, 0.3) is 0 Å². The van der Waals surface area contributed by atoms with Gasteiger partial charge < -0.3 is 10.1 Å². The van der Waals surface area contributed by atoms with Crippen molar-refractivity contribution in [2.24, 2.45) is 0 Å². The molecular weight excluding hydrogens is 226 g/mol. The Morgan fingerprint density at radius 2 is 2.11 bits per heavy atom. The summed E-state index contributed by atoms with van der Waals surface area (Å²) in [5.74, 6) is 1.80. The topological polar surface area (TPSA) is 39.1 Å². The lowest BCUT2D eigenvalue weighted by molar-refractivity contribution is 0.410. The third-order valence-corrected chi connectivity index (χ3v) is 2.75. The van der Waals surface area contributed by atoms with Gasteiger partial charge in [0.1, 0.15) is 11.6 Å². The van der Waals surface area contributed by atoms with Crippen LogP contribution in [0.5, 0.6) is 5.75 Å². The Morgan fingerprint density at radius 1 is 1.28 bits per heavy atom. The van der Waals surface area contributed by atoms with Gasteiger partial charge in [0.2, 0.25) is 0 Å². The highest BCUT2D eigenvalue weighted by Crippen LogP contribution is 2.18. The molecule has 0 bridgehead atoms. The number of rotatable bonds is 6.